The summed E-state index contributed by atoms with van der Waals surface area (Å²) in [6, 6.07) is 0.350. The first-order valence-electron chi connectivity index (χ1n) is 6.54. The summed E-state index contributed by atoms with van der Waals surface area (Å²) < 4.78 is 0. The topological polar surface area (TPSA) is 49.4 Å². The van der Waals surface area contributed by atoms with E-state index in [4.69, 9.17) is 0 Å². The van der Waals surface area contributed by atoms with Gasteiger partial charge < -0.3 is 10.2 Å². The number of carbonyl (C=O) groups is 2. The Hall–Kier alpha value is -1.06. The summed E-state index contributed by atoms with van der Waals surface area (Å²) in [5, 5.41) is 2.65. The van der Waals surface area contributed by atoms with Gasteiger partial charge in [-0.3, -0.25) is 9.59 Å². The van der Waals surface area contributed by atoms with Gasteiger partial charge in [-0.1, -0.05) is 13.8 Å². The lowest BCUT2D eigenvalue weighted by molar-refractivity contribution is -0.133. The average Bonchev–Trinajstić information content (AvgIpc) is 2.43. The maximum atomic E-state index is 11.9. The molecule has 1 aliphatic carbocycles. The van der Waals surface area contributed by atoms with E-state index in [9.17, 15) is 9.59 Å². The molecule has 17 heavy (non-hydrogen) atoms. The van der Waals surface area contributed by atoms with Crippen LogP contribution in [0.1, 0.15) is 46.0 Å². The number of hydrogen-bond acceptors (Lipinski definition) is 2. The van der Waals surface area contributed by atoms with Crippen molar-refractivity contribution in [2.75, 3.05) is 13.1 Å². The van der Waals surface area contributed by atoms with E-state index >= 15 is 0 Å². The molecule has 2 fully saturated rings. The highest BCUT2D eigenvalue weighted by Crippen LogP contribution is 2.37. The van der Waals surface area contributed by atoms with Crippen LogP contribution in [0, 0.1) is 5.41 Å². The number of nitrogens with one attached hydrogen (secondary N) is 1. The van der Waals surface area contributed by atoms with Crippen LogP contribution in [0.15, 0.2) is 0 Å². The second-order valence-electron chi connectivity index (χ2n) is 6.01. The highest BCUT2D eigenvalue weighted by molar-refractivity contribution is 5.87. The van der Waals surface area contributed by atoms with Crippen molar-refractivity contribution in [3.05, 3.63) is 0 Å². The molecule has 1 saturated carbocycles. The summed E-state index contributed by atoms with van der Waals surface area (Å²) in [7, 11) is 0. The average molecular weight is 238 g/mol. The van der Waals surface area contributed by atoms with E-state index in [1.54, 1.807) is 0 Å². The van der Waals surface area contributed by atoms with E-state index in [0.717, 1.165) is 12.8 Å². The van der Waals surface area contributed by atoms with Crippen molar-refractivity contribution in [2.24, 2.45) is 5.41 Å². The lowest BCUT2D eigenvalue weighted by Gasteiger charge is -2.39. The zero-order valence-electron chi connectivity index (χ0n) is 10.8. The van der Waals surface area contributed by atoms with Gasteiger partial charge in [0.05, 0.1) is 6.54 Å². The van der Waals surface area contributed by atoms with Gasteiger partial charge in [-0.25, -0.2) is 0 Å². The summed E-state index contributed by atoms with van der Waals surface area (Å²) >= 11 is 0. The summed E-state index contributed by atoms with van der Waals surface area (Å²) in [4.78, 5) is 25.1. The Balaban J connectivity index is 1.97. The molecule has 0 spiro atoms. The van der Waals surface area contributed by atoms with Crippen LogP contribution in [0.25, 0.3) is 0 Å². The summed E-state index contributed by atoms with van der Waals surface area (Å²) in [6.07, 6.45) is 4.94. The van der Waals surface area contributed by atoms with Crippen molar-refractivity contribution in [3.63, 3.8) is 0 Å². The molecule has 1 saturated heterocycles. The standard InChI is InChI=1S/C13H22N2O2/c1-13(2)6-3-10(4-7-13)15-8-5-11(16)14-9-12(15)17/h10H,3-9H2,1-2H3,(H,14,16). The third-order valence-electron chi connectivity index (χ3n) is 4.09. The van der Waals surface area contributed by atoms with Crippen LogP contribution in [-0.2, 0) is 9.59 Å². The quantitative estimate of drug-likeness (QED) is 0.748. The lowest BCUT2D eigenvalue weighted by atomic mass is 9.75. The highest BCUT2D eigenvalue weighted by Gasteiger charge is 2.33. The van der Waals surface area contributed by atoms with Crippen LogP contribution in [0.4, 0.5) is 0 Å². The molecule has 0 aromatic heterocycles. The fourth-order valence-electron chi connectivity index (χ4n) is 2.79. The molecule has 0 bridgehead atoms. The first-order valence-corrected chi connectivity index (χ1v) is 6.54. The Kier molecular flexibility index (Phi) is 3.40. The molecule has 4 nitrogen and oxygen atoms in total. The molecule has 2 amide bonds. The second-order valence-corrected chi connectivity index (χ2v) is 6.01. The van der Waals surface area contributed by atoms with Crippen molar-refractivity contribution in [1.82, 2.24) is 10.2 Å². The van der Waals surface area contributed by atoms with E-state index < -0.39 is 0 Å². The Morgan fingerprint density at radius 1 is 1.24 bits per heavy atom. The molecule has 0 unspecified atom stereocenters. The van der Waals surface area contributed by atoms with E-state index in [1.807, 2.05) is 4.90 Å². The number of carbonyl (C=O) groups excluding carboxylic acids is 2. The molecule has 96 valence electrons. The molecular weight excluding hydrogens is 216 g/mol. The second kappa shape index (κ2) is 4.67. The SMILES string of the molecule is CC1(C)CCC(N2CCC(=O)NCC2=O)CC1. The largest absolute Gasteiger partial charge is 0.347 e. The van der Waals surface area contributed by atoms with Gasteiger partial charge in [0.15, 0.2) is 0 Å². The molecule has 4 heteroatoms. The predicted molar refractivity (Wildman–Crippen MR) is 65.4 cm³/mol. The molecular formula is C13H22N2O2. The smallest absolute Gasteiger partial charge is 0.242 e. The van der Waals surface area contributed by atoms with Gasteiger partial charge in [-0.2, -0.15) is 0 Å². The molecule has 1 aliphatic heterocycles. The van der Waals surface area contributed by atoms with Crippen LogP contribution in [-0.4, -0.2) is 35.8 Å². The molecule has 2 aliphatic rings. The number of hydrogen-bond donors (Lipinski definition) is 1. The van der Waals surface area contributed by atoms with Crippen molar-refractivity contribution >= 4 is 11.8 Å². The van der Waals surface area contributed by atoms with Crippen LogP contribution in [0.2, 0.25) is 0 Å². The molecule has 2 rings (SSSR count). The Labute approximate surface area is 103 Å². The number of rotatable bonds is 1. The van der Waals surface area contributed by atoms with Gasteiger partial charge in [0.2, 0.25) is 11.8 Å². The van der Waals surface area contributed by atoms with Crippen molar-refractivity contribution in [1.29, 1.82) is 0 Å². The van der Waals surface area contributed by atoms with Crippen LogP contribution >= 0.6 is 0 Å². The molecule has 1 heterocycles. The first-order chi connectivity index (χ1) is 7.98. The first kappa shape index (κ1) is 12.4. The third kappa shape index (κ3) is 2.99. The predicted octanol–water partition coefficient (Wildman–Crippen LogP) is 1.30. The van der Waals surface area contributed by atoms with Gasteiger partial charge in [-0.15, -0.1) is 0 Å². The molecule has 0 radical (unpaired) electrons. The number of nitrogens with zero attached hydrogens (tertiary/aromatic N) is 1. The van der Waals surface area contributed by atoms with Gasteiger partial charge in [0.1, 0.15) is 0 Å². The highest BCUT2D eigenvalue weighted by atomic mass is 16.2. The zero-order chi connectivity index (χ0) is 12.5. The van der Waals surface area contributed by atoms with Gasteiger partial charge in [0.25, 0.3) is 0 Å². The van der Waals surface area contributed by atoms with Gasteiger partial charge in [-0.05, 0) is 31.1 Å². The van der Waals surface area contributed by atoms with Gasteiger partial charge in [0, 0.05) is 19.0 Å². The van der Waals surface area contributed by atoms with E-state index in [0.29, 0.717) is 24.4 Å². The molecule has 0 atom stereocenters. The number of amides is 2. The Bertz CT molecular complexity index is 315. The van der Waals surface area contributed by atoms with E-state index in [2.05, 4.69) is 19.2 Å². The van der Waals surface area contributed by atoms with Crippen molar-refractivity contribution < 1.29 is 9.59 Å². The molecule has 0 aromatic rings. The normalized spacial score (nSPS) is 26.6. The zero-order valence-corrected chi connectivity index (χ0v) is 10.8. The maximum absolute atomic E-state index is 11.9. The maximum Gasteiger partial charge on any atom is 0.242 e. The van der Waals surface area contributed by atoms with Crippen LogP contribution < -0.4 is 5.32 Å². The van der Waals surface area contributed by atoms with E-state index in [1.165, 1.54) is 12.8 Å². The minimum absolute atomic E-state index is 0.00279. The van der Waals surface area contributed by atoms with Crippen molar-refractivity contribution in [2.45, 2.75) is 52.0 Å². The van der Waals surface area contributed by atoms with Gasteiger partial charge >= 0.3 is 0 Å². The summed E-state index contributed by atoms with van der Waals surface area (Å²) in [5.74, 6) is 0.0811. The minimum Gasteiger partial charge on any atom is -0.347 e. The third-order valence-corrected chi connectivity index (χ3v) is 4.09. The van der Waals surface area contributed by atoms with Crippen molar-refractivity contribution in [3.8, 4) is 0 Å². The van der Waals surface area contributed by atoms with E-state index in [-0.39, 0.29) is 18.4 Å². The van der Waals surface area contributed by atoms with Crippen LogP contribution in [0.3, 0.4) is 0 Å². The minimum atomic E-state index is -0.00279. The Morgan fingerprint density at radius 3 is 2.53 bits per heavy atom. The summed E-state index contributed by atoms with van der Waals surface area (Å²) in [6.45, 7) is 5.35. The fraction of sp³-hybridized carbons (Fsp3) is 0.846. The fourth-order valence-corrected chi connectivity index (χ4v) is 2.79. The molecule has 0 aromatic carbocycles. The Morgan fingerprint density at radius 2 is 1.88 bits per heavy atom. The lowest BCUT2D eigenvalue weighted by Crippen LogP contribution is -2.45. The molecule has 1 N–H and O–H groups in total. The summed E-state index contributed by atoms with van der Waals surface area (Å²) in [5.41, 5.74) is 0.416. The monoisotopic (exact) mass is 238 g/mol. The van der Waals surface area contributed by atoms with Crippen LogP contribution in [0.5, 0.6) is 0 Å².